The smallest absolute Gasteiger partial charge is 0.323 e. The van der Waals surface area contributed by atoms with Crippen LogP contribution in [0.3, 0.4) is 0 Å². The van der Waals surface area contributed by atoms with Gasteiger partial charge in [-0.2, -0.15) is 0 Å². The molecule has 3 aromatic rings. The fraction of sp³-hybridized carbons (Fsp3) is 0.211. The van der Waals surface area contributed by atoms with Crippen molar-refractivity contribution >= 4 is 28.7 Å². The van der Waals surface area contributed by atoms with E-state index in [4.69, 9.17) is 0 Å². The van der Waals surface area contributed by atoms with E-state index in [1.807, 2.05) is 18.2 Å². The van der Waals surface area contributed by atoms with Gasteiger partial charge in [-0.15, -0.1) is 0 Å². The molecule has 8 heteroatoms. The number of fused-ring (bicyclic) bond motifs is 2. The molecule has 0 fully saturated rings. The third-order valence-electron chi connectivity index (χ3n) is 4.62. The van der Waals surface area contributed by atoms with Crippen LogP contribution in [0.2, 0.25) is 0 Å². The zero-order valence-corrected chi connectivity index (χ0v) is 14.5. The number of hydrogen-bond donors (Lipinski definition) is 4. The van der Waals surface area contributed by atoms with Gasteiger partial charge in [-0.1, -0.05) is 24.3 Å². The van der Waals surface area contributed by atoms with Gasteiger partial charge in [0.25, 0.3) is 0 Å². The number of benzene rings is 2. The first-order valence-corrected chi connectivity index (χ1v) is 8.70. The Balaban J connectivity index is 1.32. The summed E-state index contributed by atoms with van der Waals surface area (Å²) in [4.78, 5) is 42.7. The Morgan fingerprint density at radius 1 is 1.04 bits per heavy atom. The molecule has 2 heterocycles. The largest absolute Gasteiger partial charge is 0.329 e. The number of nitrogens with zero attached hydrogens (tertiary/aromatic N) is 1. The lowest BCUT2D eigenvalue weighted by molar-refractivity contribution is -0.115. The highest BCUT2D eigenvalue weighted by molar-refractivity contribution is 5.95. The number of hydrogen-bond acceptors (Lipinski definition) is 3. The number of carbonyl (C=O) groups is 2. The number of rotatable bonds is 3. The highest BCUT2D eigenvalue weighted by Gasteiger charge is 2.20. The first-order chi connectivity index (χ1) is 13.1. The van der Waals surface area contributed by atoms with Crippen LogP contribution >= 0.6 is 0 Å². The number of aromatic nitrogens is 2. The molecule has 1 aliphatic heterocycles. The second-order valence-electron chi connectivity index (χ2n) is 6.49. The van der Waals surface area contributed by atoms with E-state index in [1.54, 1.807) is 23.1 Å². The molecule has 0 unspecified atom stereocenters. The van der Waals surface area contributed by atoms with Gasteiger partial charge in [-0.05, 0) is 35.7 Å². The first kappa shape index (κ1) is 16.9. The van der Waals surface area contributed by atoms with Crippen LogP contribution in [0.25, 0.3) is 11.0 Å². The number of carbonyl (C=O) groups excluding carboxylic acids is 2. The maximum Gasteiger partial charge on any atom is 0.323 e. The summed E-state index contributed by atoms with van der Waals surface area (Å²) in [6, 6.07) is 12.8. The minimum Gasteiger partial charge on any atom is -0.329 e. The quantitative estimate of drug-likeness (QED) is 0.565. The van der Waals surface area contributed by atoms with Crippen molar-refractivity contribution in [3.8, 4) is 0 Å². The van der Waals surface area contributed by atoms with Crippen molar-refractivity contribution in [1.82, 2.24) is 20.2 Å². The summed E-state index contributed by atoms with van der Waals surface area (Å²) in [5.41, 5.74) is 3.91. The summed E-state index contributed by atoms with van der Waals surface area (Å²) in [6.45, 7) is 1.04. The van der Waals surface area contributed by atoms with Gasteiger partial charge in [0.2, 0.25) is 5.91 Å². The summed E-state index contributed by atoms with van der Waals surface area (Å²) in [5.74, 6) is -0.335. The molecular weight excluding hydrogens is 346 g/mol. The zero-order chi connectivity index (χ0) is 18.8. The van der Waals surface area contributed by atoms with Crippen LogP contribution in [0.15, 0.2) is 47.3 Å². The lowest BCUT2D eigenvalue weighted by Crippen LogP contribution is -2.45. The van der Waals surface area contributed by atoms with Crippen molar-refractivity contribution in [1.29, 1.82) is 0 Å². The van der Waals surface area contributed by atoms with Gasteiger partial charge in [0.05, 0.1) is 17.6 Å². The van der Waals surface area contributed by atoms with E-state index in [0.29, 0.717) is 29.8 Å². The van der Waals surface area contributed by atoms with Gasteiger partial charge in [0, 0.05) is 18.8 Å². The minimum absolute atomic E-state index is 0.126. The van der Waals surface area contributed by atoms with E-state index in [2.05, 4.69) is 26.7 Å². The third kappa shape index (κ3) is 3.69. The third-order valence-corrected chi connectivity index (χ3v) is 4.62. The van der Waals surface area contributed by atoms with Crippen molar-refractivity contribution in [2.75, 3.05) is 18.4 Å². The Hall–Kier alpha value is -3.55. The van der Waals surface area contributed by atoms with Crippen molar-refractivity contribution in [2.45, 2.75) is 13.0 Å². The molecule has 4 rings (SSSR count). The number of anilines is 1. The SMILES string of the molecule is O=C(CNC(=O)N1CCc2ccccc2C1)Nc1ccc2[nH]c(=O)[nH]c2c1. The second kappa shape index (κ2) is 6.99. The number of urea groups is 1. The number of amides is 3. The lowest BCUT2D eigenvalue weighted by Gasteiger charge is -2.28. The van der Waals surface area contributed by atoms with E-state index < -0.39 is 0 Å². The van der Waals surface area contributed by atoms with Gasteiger partial charge >= 0.3 is 11.7 Å². The van der Waals surface area contributed by atoms with E-state index in [9.17, 15) is 14.4 Å². The fourth-order valence-electron chi connectivity index (χ4n) is 3.25. The molecule has 0 saturated carbocycles. The normalized spacial score (nSPS) is 13.3. The molecule has 0 radical (unpaired) electrons. The molecule has 0 aliphatic carbocycles. The maximum atomic E-state index is 12.3. The topological polar surface area (TPSA) is 110 Å². The maximum absolute atomic E-state index is 12.3. The van der Waals surface area contributed by atoms with Crippen LogP contribution in [-0.4, -0.2) is 39.9 Å². The summed E-state index contributed by atoms with van der Waals surface area (Å²) in [6.07, 6.45) is 0.810. The van der Waals surface area contributed by atoms with Crippen LogP contribution in [0, 0.1) is 0 Å². The van der Waals surface area contributed by atoms with E-state index >= 15 is 0 Å². The Morgan fingerprint density at radius 3 is 2.67 bits per heavy atom. The van der Waals surface area contributed by atoms with Crippen LogP contribution < -0.4 is 16.3 Å². The van der Waals surface area contributed by atoms with Crippen LogP contribution in [-0.2, 0) is 17.8 Å². The molecule has 0 spiro atoms. The standard InChI is InChI=1S/C19H19N5O3/c25-17(21-14-5-6-15-16(9-14)23-18(26)22-15)10-20-19(27)24-8-7-12-3-1-2-4-13(12)11-24/h1-6,9H,7-8,10-11H2,(H,20,27)(H,21,25)(H2,22,23,26). The highest BCUT2D eigenvalue weighted by Crippen LogP contribution is 2.18. The number of aromatic amines is 2. The molecule has 8 nitrogen and oxygen atoms in total. The summed E-state index contributed by atoms with van der Waals surface area (Å²) in [5, 5.41) is 5.36. The minimum atomic E-state index is -0.335. The van der Waals surface area contributed by atoms with Crippen LogP contribution in [0.5, 0.6) is 0 Å². The van der Waals surface area contributed by atoms with Gasteiger partial charge in [0.1, 0.15) is 0 Å². The Labute approximate surface area is 154 Å². The predicted octanol–water partition coefficient (Wildman–Crippen LogP) is 1.56. The van der Waals surface area contributed by atoms with E-state index in [0.717, 1.165) is 12.0 Å². The Kier molecular flexibility index (Phi) is 4.37. The molecule has 1 aromatic heterocycles. The van der Waals surface area contributed by atoms with E-state index in [1.165, 1.54) is 5.56 Å². The second-order valence-corrected chi connectivity index (χ2v) is 6.49. The molecule has 0 saturated heterocycles. The summed E-state index contributed by atoms with van der Waals surface area (Å²) >= 11 is 0. The zero-order valence-electron chi connectivity index (χ0n) is 14.5. The van der Waals surface area contributed by atoms with Crippen LogP contribution in [0.1, 0.15) is 11.1 Å². The van der Waals surface area contributed by atoms with Crippen molar-refractivity contribution in [3.63, 3.8) is 0 Å². The Morgan fingerprint density at radius 2 is 1.81 bits per heavy atom. The van der Waals surface area contributed by atoms with Crippen molar-refractivity contribution < 1.29 is 9.59 Å². The average molecular weight is 365 g/mol. The van der Waals surface area contributed by atoms with Gasteiger partial charge in [-0.3, -0.25) is 4.79 Å². The van der Waals surface area contributed by atoms with Gasteiger partial charge < -0.3 is 25.5 Å². The van der Waals surface area contributed by atoms with Crippen molar-refractivity contribution in [3.05, 3.63) is 64.1 Å². The van der Waals surface area contributed by atoms with Crippen LogP contribution in [0.4, 0.5) is 10.5 Å². The lowest BCUT2D eigenvalue weighted by atomic mass is 10.0. The van der Waals surface area contributed by atoms with E-state index in [-0.39, 0.29) is 24.2 Å². The average Bonchev–Trinajstić information content (AvgIpc) is 3.05. The molecule has 1 aliphatic rings. The number of nitrogens with one attached hydrogen (secondary N) is 4. The molecule has 138 valence electrons. The fourth-order valence-corrected chi connectivity index (χ4v) is 3.25. The molecule has 4 N–H and O–H groups in total. The number of H-pyrrole nitrogens is 2. The monoisotopic (exact) mass is 365 g/mol. The molecular formula is C19H19N5O3. The summed E-state index contributed by atoms with van der Waals surface area (Å²) < 4.78 is 0. The van der Waals surface area contributed by atoms with Gasteiger partial charge in [0.15, 0.2) is 0 Å². The predicted molar refractivity (Wildman–Crippen MR) is 102 cm³/mol. The number of imidazole rings is 1. The first-order valence-electron chi connectivity index (χ1n) is 8.70. The summed E-state index contributed by atoms with van der Waals surface area (Å²) in [7, 11) is 0. The molecule has 27 heavy (non-hydrogen) atoms. The van der Waals surface area contributed by atoms with Gasteiger partial charge in [-0.25, -0.2) is 9.59 Å². The molecule has 2 aromatic carbocycles. The molecule has 0 atom stereocenters. The van der Waals surface area contributed by atoms with Crippen molar-refractivity contribution in [2.24, 2.45) is 0 Å². The molecule has 3 amide bonds. The Bertz CT molecular complexity index is 1070. The highest BCUT2D eigenvalue weighted by atomic mass is 16.2. The molecule has 0 bridgehead atoms.